The number of benzene rings is 2. The van der Waals surface area contributed by atoms with Crippen LogP contribution in [0.15, 0.2) is 63.8 Å². The molecule has 0 aliphatic heterocycles. The van der Waals surface area contributed by atoms with Crippen LogP contribution in [0.4, 0.5) is 0 Å². The molecule has 0 spiro atoms. The fourth-order valence-electron chi connectivity index (χ4n) is 1.94. The van der Waals surface area contributed by atoms with Crippen LogP contribution < -0.4 is 15.1 Å². The Labute approximate surface area is 115 Å². The number of hydrogen-bond acceptors (Lipinski definition) is 4. The van der Waals surface area contributed by atoms with E-state index in [1.165, 1.54) is 6.07 Å². The summed E-state index contributed by atoms with van der Waals surface area (Å²) in [6, 6.07) is 15.7. The molecule has 0 radical (unpaired) electrons. The second kappa shape index (κ2) is 5.09. The minimum absolute atomic E-state index is 0.438. The van der Waals surface area contributed by atoms with E-state index in [0.717, 1.165) is 11.1 Å². The van der Waals surface area contributed by atoms with Gasteiger partial charge in [-0.3, -0.25) is 0 Å². The summed E-state index contributed by atoms with van der Waals surface area (Å²) in [5, 5.41) is 0.753. The molecular weight excluding hydrogens is 256 g/mol. The molecule has 0 aliphatic carbocycles. The number of methoxy groups -OCH3 is 1. The van der Waals surface area contributed by atoms with Gasteiger partial charge in [0.15, 0.2) is 0 Å². The molecule has 0 atom stereocenters. The summed E-state index contributed by atoms with van der Waals surface area (Å²) in [5.41, 5.74) is 0.0655. The average Bonchev–Trinajstić information content (AvgIpc) is 2.48. The Morgan fingerprint density at radius 1 is 0.950 bits per heavy atom. The predicted molar refractivity (Wildman–Crippen MR) is 75.6 cm³/mol. The molecular formula is C16H12O4. The lowest BCUT2D eigenvalue weighted by atomic mass is 10.2. The SMILES string of the molecule is COc1ccc(Oc2cc(=O)oc3ccccc23)cc1. The highest BCUT2D eigenvalue weighted by molar-refractivity contribution is 5.83. The Morgan fingerprint density at radius 3 is 2.40 bits per heavy atom. The lowest BCUT2D eigenvalue weighted by Crippen LogP contribution is -1.98. The molecule has 0 saturated heterocycles. The first-order valence-electron chi connectivity index (χ1n) is 6.11. The van der Waals surface area contributed by atoms with Crippen LogP contribution in [0.3, 0.4) is 0 Å². The highest BCUT2D eigenvalue weighted by Gasteiger charge is 2.07. The molecule has 0 N–H and O–H groups in total. The first-order valence-corrected chi connectivity index (χ1v) is 6.11. The minimum Gasteiger partial charge on any atom is -0.497 e. The third-order valence-electron chi connectivity index (χ3n) is 2.90. The molecule has 0 fully saturated rings. The van der Waals surface area contributed by atoms with Crippen LogP contribution in [0, 0.1) is 0 Å². The largest absolute Gasteiger partial charge is 0.497 e. The molecule has 0 saturated carbocycles. The van der Waals surface area contributed by atoms with Crippen molar-refractivity contribution in [2.24, 2.45) is 0 Å². The molecule has 3 aromatic rings. The fourth-order valence-corrected chi connectivity index (χ4v) is 1.94. The van der Waals surface area contributed by atoms with Crippen LogP contribution in [0.25, 0.3) is 11.0 Å². The first-order chi connectivity index (χ1) is 9.76. The van der Waals surface area contributed by atoms with Gasteiger partial charge in [0.25, 0.3) is 0 Å². The highest BCUT2D eigenvalue weighted by Crippen LogP contribution is 2.29. The van der Waals surface area contributed by atoms with Gasteiger partial charge in [0, 0.05) is 0 Å². The van der Waals surface area contributed by atoms with E-state index in [4.69, 9.17) is 13.9 Å². The van der Waals surface area contributed by atoms with Gasteiger partial charge in [-0.05, 0) is 36.4 Å². The summed E-state index contributed by atoms with van der Waals surface area (Å²) < 4.78 is 16.0. The monoisotopic (exact) mass is 268 g/mol. The molecule has 4 nitrogen and oxygen atoms in total. The highest BCUT2D eigenvalue weighted by atomic mass is 16.5. The van der Waals surface area contributed by atoms with Crippen molar-refractivity contribution in [1.29, 1.82) is 0 Å². The Bertz CT molecular complexity index is 787. The topological polar surface area (TPSA) is 48.7 Å². The van der Waals surface area contributed by atoms with E-state index in [1.807, 2.05) is 18.2 Å². The molecule has 0 unspecified atom stereocenters. The van der Waals surface area contributed by atoms with Crippen LogP contribution in [0.1, 0.15) is 0 Å². The summed E-state index contributed by atoms with van der Waals surface area (Å²) in [4.78, 5) is 11.5. The van der Waals surface area contributed by atoms with Crippen LogP contribution in [-0.4, -0.2) is 7.11 Å². The maximum Gasteiger partial charge on any atom is 0.339 e. The Morgan fingerprint density at radius 2 is 1.65 bits per heavy atom. The van der Waals surface area contributed by atoms with Crippen molar-refractivity contribution in [3.63, 3.8) is 0 Å². The van der Waals surface area contributed by atoms with Gasteiger partial charge >= 0.3 is 5.63 Å². The molecule has 0 amide bonds. The third-order valence-corrected chi connectivity index (χ3v) is 2.90. The van der Waals surface area contributed by atoms with Crippen molar-refractivity contribution in [3.05, 3.63) is 65.0 Å². The Kier molecular flexibility index (Phi) is 3.13. The van der Waals surface area contributed by atoms with E-state index in [0.29, 0.717) is 17.1 Å². The number of rotatable bonds is 3. The molecule has 100 valence electrons. The average molecular weight is 268 g/mol. The van der Waals surface area contributed by atoms with Gasteiger partial charge in [0.05, 0.1) is 18.6 Å². The molecule has 1 aromatic heterocycles. The number of para-hydroxylation sites is 1. The first kappa shape index (κ1) is 12.3. The van der Waals surface area contributed by atoms with Crippen LogP contribution in [0.5, 0.6) is 17.2 Å². The lowest BCUT2D eigenvalue weighted by molar-refractivity contribution is 0.412. The van der Waals surface area contributed by atoms with Crippen molar-refractivity contribution < 1.29 is 13.9 Å². The van der Waals surface area contributed by atoms with E-state index in [9.17, 15) is 4.79 Å². The van der Waals surface area contributed by atoms with E-state index < -0.39 is 5.63 Å². The fraction of sp³-hybridized carbons (Fsp3) is 0.0625. The predicted octanol–water partition coefficient (Wildman–Crippen LogP) is 3.59. The normalized spacial score (nSPS) is 10.4. The third kappa shape index (κ3) is 2.36. The van der Waals surface area contributed by atoms with Gasteiger partial charge in [-0.25, -0.2) is 4.79 Å². The van der Waals surface area contributed by atoms with Crippen molar-refractivity contribution in [1.82, 2.24) is 0 Å². The van der Waals surface area contributed by atoms with E-state index >= 15 is 0 Å². The number of hydrogen-bond donors (Lipinski definition) is 0. The van der Waals surface area contributed by atoms with Crippen molar-refractivity contribution in [2.75, 3.05) is 7.11 Å². The van der Waals surface area contributed by atoms with Crippen LogP contribution in [-0.2, 0) is 0 Å². The Hall–Kier alpha value is -2.75. The van der Waals surface area contributed by atoms with Gasteiger partial charge in [0.1, 0.15) is 22.8 Å². The zero-order chi connectivity index (χ0) is 13.9. The molecule has 1 heterocycles. The minimum atomic E-state index is -0.438. The summed E-state index contributed by atoms with van der Waals surface area (Å²) in [5.74, 6) is 1.85. The number of fused-ring (bicyclic) bond motifs is 1. The standard InChI is InChI=1S/C16H12O4/c1-18-11-6-8-12(9-7-11)19-15-10-16(17)20-14-5-3-2-4-13(14)15/h2-10H,1H3. The Balaban J connectivity index is 2.03. The molecule has 3 rings (SSSR count). The second-order valence-electron chi connectivity index (χ2n) is 4.20. The molecule has 4 heteroatoms. The lowest BCUT2D eigenvalue weighted by Gasteiger charge is -2.08. The maximum absolute atomic E-state index is 11.5. The van der Waals surface area contributed by atoms with Gasteiger partial charge in [-0.1, -0.05) is 12.1 Å². The van der Waals surface area contributed by atoms with Crippen molar-refractivity contribution >= 4 is 11.0 Å². The van der Waals surface area contributed by atoms with Crippen LogP contribution >= 0.6 is 0 Å². The van der Waals surface area contributed by atoms with Crippen LogP contribution in [0.2, 0.25) is 0 Å². The van der Waals surface area contributed by atoms with Gasteiger partial charge in [-0.15, -0.1) is 0 Å². The van der Waals surface area contributed by atoms with Gasteiger partial charge in [-0.2, -0.15) is 0 Å². The zero-order valence-electron chi connectivity index (χ0n) is 10.8. The number of ether oxygens (including phenoxy) is 2. The van der Waals surface area contributed by atoms with E-state index in [2.05, 4.69) is 0 Å². The summed E-state index contributed by atoms with van der Waals surface area (Å²) in [6.07, 6.45) is 0. The smallest absolute Gasteiger partial charge is 0.339 e. The zero-order valence-corrected chi connectivity index (χ0v) is 10.8. The second-order valence-corrected chi connectivity index (χ2v) is 4.20. The van der Waals surface area contributed by atoms with Crippen molar-refractivity contribution in [2.45, 2.75) is 0 Å². The van der Waals surface area contributed by atoms with Gasteiger partial charge in [0.2, 0.25) is 0 Å². The summed E-state index contributed by atoms with van der Waals surface area (Å²) in [7, 11) is 1.60. The van der Waals surface area contributed by atoms with Crippen molar-refractivity contribution in [3.8, 4) is 17.2 Å². The molecule has 0 aliphatic rings. The van der Waals surface area contributed by atoms with Gasteiger partial charge < -0.3 is 13.9 Å². The van der Waals surface area contributed by atoms with E-state index in [-0.39, 0.29) is 0 Å². The summed E-state index contributed by atoms with van der Waals surface area (Å²) >= 11 is 0. The quantitative estimate of drug-likeness (QED) is 0.681. The molecule has 20 heavy (non-hydrogen) atoms. The summed E-state index contributed by atoms with van der Waals surface area (Å²) in [6.45, 7) is 0. The molecule has 0 bridgehead atoms. The maximum atomic E-state index is 11.5. The van der Waals surface area contributed by atoms with E-state index in [1.54, 1.807) is 37.4 Å². The molecule has 2 aromatic carbocycles.